The van der Waals surface area contributed by atoms with Gasteiger partial charge in [0.2, 0.25) is 5.91 Å². The number of terminal acetylenes is 1. The normalized spacial score (nSPS) is 15.8. The van der Waals surface area contributed by atoms with Gasteiger partial charge in [-0.3, -0.25) is 9.69 Å². The van der Waals surface area contributed by atoms with Gasteiger partial charge in [0.1, 0.15) is 0 Å². The third kappa shape index (κ3) is 4.01. The zero-order chi connectivity index (χ0) is 14.4. The molecule has 1 aliphatic heterocycles. The first kappa shape index (κ1) is 14.4. The molecule has 0 bridgehead atoms. The monoisotopic (exact) mass is 271 g/mol. The number of hydrogen-bond acceptors (Lipinski definition) is 3. The summed E-state index contributed by atoms with van der Waals surface area (Å²) >= 11 is 0. The van der Waals surface area contributed by atoms with Crippen LogP contribution >= 0.6 is 0 Å². The van der Waals surface area contributed by atoms with E-state index in [4.69, 9.17) is 12.2 Å². The van der Waals surface area contributed by atoms with E-state index in [0.717, 1.165) is 43.9 Å². The summed E-state index contributed by atoms with van der Waals surface area (Å²) in [4.78, 5) is 16.3. The van der Waals surface area contributed by atoms with Crippen molar-refractivity contribution in [2.45, 2.75) is 12.8 Å². The summed E-state index contributed by atoms with van der Waals surface area (Å²) in [7, 11) is 0. The summed E-state index contributed by atoms with van der Waals surface area (Å²) in [5.74, 6) is 2.87. The van der Waals surface area contributed by atoms with Crippen LogP contribution in [0.4, 0.5) is 5.69 Å². The van der Waals surface area contributed by atoms with Crippen molar-refractivity contribution < 1.29 is 4.79 Å². The van der Waals surface area contributed by atoms with Gasteiger partial charge in [-0.1, -0.05) is 18.1 Å². The topological polar surface area (TPSA) is 49.6 Å². The van der Waals surface area contributed by atoms with Crippen LogP contribution < -0.4 is 5.73 Å². The lowest BCUT2D eigenvalue weighted by molar-refractivity contribution is -0.132. The molecule has 0 unspecified atom stereocenters. The fourth-order valence-corrected chi connectivity index (χ4v) is 2.38. The van der Waals surface area contributed by atoms with E-state index in [1.54, 1.807) is 0 Å². The van der Waals surface area contributed by atoms with E-state index in [2.05, 4.69) is 10.8 Å². The second-order valence-electron chi connectivity index (χ2n) is 5.10. The van der Waals surface area contributed by atoms with E-state index in [0.29, 0.717) is 13.0 Å². The minimum absolute atomic E-state index is 0.224. The molecule has 4 heteroatoms. The third-order valence-corrected chi connectivity index (χ3v) is 3.65. The van der Waals surface area contributed by atoms with Crippen molar-refractivity contribution in [2.75, 3.05) is 38.5 Å². The van der Waals surface area contributed by atoms with Gasteiger partial charge in [-0.2, -0.15) is 0 Å². The van der Waals surface area contributed by atoms with Crippen LogP contribution in [0, 0.1) is 12.3 Å². The minimum atomic E-state index is 0.224. The van der Waals surface area contributed by atoms with Crippen molar-refractivity contribution in [3.63, 3.8) is 0 Å². The SMILES string of the molecule is C#CCN1CCN(C(=O)CCc2ccc(N)cc2)CC1. The van der Waals surface area contributed by atoms with Crippen LogP contribution in [0.25, 0.3) is 0 Å². The average molecular weight is 271 g/mol. The lowest BCUT2D eigenvalue weighted by Gasteiger charge is -2.33. The molecule has 0 saturated carbocycles. The minimum Gasteiger partial charge on any atom is -0.399 e. The molecule has 1 fully saturated rings. The maximum Gasteiger partial charge on any atom is 0.222 e. The van der Waals surface area contributed by atoms with Crippen LogP contribution in [0.2, 0.25) is 0 Å². The largest absolute Gasteiger partial charge is 0.399 e. The fourth-order valence-electron chi connectivity index (χ4n) is 2.38. The quantitative estimate of drug-likeness (QED) is 0.656. The Morgan fingerprint density at radius 3 is 2.45 bits per heavy atom. The third-order valence-electron chi connectivity index (χ3n) is 3.65. The predicted octanol–water partition coefficient (Wildman–Crippen LogP) is 0.979. The number of anilines is 1. The molecule has 1 aliphatic rings. The van der Waals surface area contributed by atoms with Crippen molar-refractivity contribution in [2.24, 2.45) is 0 Å². The van der Waals surface area contributed by atoms with Crippen molar-refractivity contribution in [3.05, 3.63) is 29.8 Å². The summed E-state index contributed by atoms with van der Waals surface area (Å²) in [6.07, 6.45) is 6.62. The lowest BCUT2D eigenvalue weighted by atomic mass is 10.1. The van der Waals surface area contributed by atoms with E-state index in [1.807, 2.05) is 29.2 Å². The number of benzene rings is 1. The zero-order valence-electron chi connectivity index (χ0n) is 11.7. The van der Waals surface area contributed by atoms with Gasteiger partial charge < -0.3 is 10.6 Å². The Labute approximate surface area is 120 Å². The highest BCUT2D eigenvalue weighted by atomic mass is 16.2. The summed E-state index contributed by atoms with van der Waals surface area (Å²) in [5, 5.41) is 0. The highest BCUT2D eigenvalue weighted by Crippen LogP contribution is 2.10. The zero-order valence-corrected chi connectivity index (χ0v) is 11.7. The molecule has 2 rings (SSSR count). The number of nitrogen functional groups attached to an aromatic ring is 1. The van der Waals surface area contributed by atoms with Gasteiger partial charge in [0.15, 0.2) is 0 Å². The van der Waals surface area contributed by atoms with Crippen LogP contribution in [0.15, 0.2) is 24.3 Å². The van der Waals surface area contributed by atoms with Gasteiger partial charge in [-0.05, 0) is 24.1 Å². The van der Waals surface area contributed by atoms with Gasteiger partial charge in [-0.15, -0.1) is 6.42 Å². The molecule has 0 radical (unpaired) electrons. The van der Waals surface area contributed by atoms with Crippen molar-refractivity contribution in [1.82, 2.24) is 9.80 Å². The first-order valence-electron chi connectivity index (χ1n) is 6.97. The maximum absolute atomic E-state index is 12.1. The molecule has 2 N–H and O–H groups in total. The van der Waals surface area contributed by atoms with Crippen LogP contribution in [0.5, 0.6) is 0 Å². The van der Waals surface area contributed by atoms with E-state index in [-0.39, 0.29) is 5.91 Å². The Balaban J connectivity index is 1.76. The van der Waals surface area contributed by atoms with Crippen LogP contribution in [-0.4, -0.2) is 48.4 Å². The summed E-state index contributed by atoms with van der Waals surface area (Å²) in [6, 6.07) is 7.71. The molecule has 1 aromatic rings. The molecule has 4 nitrogen and oxygen atoms in total. The van der Waals surface area contributed by atoms with Crippen molar-refractivity contribution in [1.29, 1.82) is 0 Å². The molecule has 1 saturated heterocycles. The molecule has 20 heavy (non-hydrogen) atoms. The number of hydrogen-bond donors (Lipinski definition) is 1. The Morgan fingerprint density at radius 2 is 1.85 bits per heavy atom. The number of carbonyl (C=O) groups is 1. The number of nitrogens with two attached hydrogens (primary N) is 1. The average Bonchev–Trinajstić information content (AvgIpc) is 2.47. The molecular weight excluding hydrogens is 250 g/mol. The van der Waals surface area contributed by atoms with E-state index >= 15 is 0 Å². The second kappa shape index (κ2) is 6.97. The maximum atomic E-state index is 12.1. The number of carbonyl (C=O) groups excluding carboxylic acids is 1. The Hall–Kier alpha value is -1.99. The highest BCUT2D eigenvalue weighted by molar-refractivity contribution is 5.76. The Morgan fingerprint density at radius 1 is 1.20 bits per heavy atom. The van der Waals surface area contributed by atoms with Crippen molar-refractivity contribution in [3.8, 4) is 12.3 Å². The number of aryl methyl sites for hydroxylation is 1. The molecule has 0 spiro atoms. The van der Waals surface area contributed by atoms with Gasteiger partial charge in [0, 0.05) is 38.3 Å². The van der Waals surface area contributed by atoms with Crippen molar-refractivity contribution >= 4 is 11.6 Å². The highest BCUT2D eigenvalue weighted by Gasteiger charge is 2.19. The molecule has 0 atom stereocenters. The first-order chi connectivity index (χ1) is 9.69. The second-order valence-corrected chi connectivity index (χ2v) is 5.10. The van der Waals surface area contributed by atoms with E-state index in [1.165, 1.54) is 0 Å². The molecule has 0 aromatic heterocycles. The summed E-state index contributed by atoms with van der Waals surface area (Å²) in [5.41, 5.74) is 7.55. The first-order valence-corrected chi connectivity index (χ1v) is 6.97. The number of rotatable bonds is 4. The van der Waals surface area contributed by atoms with Gasteiger partial charge in [0.05, 0.1) is 6.54 Å². The number of amides is 1. The smallest absolute Gasteiger partial charge is 0.222 e. The molecule has 1 amide bonds. The Bertz CT molecular complexity index is 481. The molecule has 1 heterocycles. The van der Waals surface area contributed by atoms with Crippen LogP contribution in [0.3, 0.4) is 0 Å². The Kier molecular flexibility index (Phi) is 5.03. The molecule has 106 valence electrons. The fraction of sp³-hybridized carbons (Fsp3) is 0.438. The van der Waals surface area contributed by atoms with E-state index in [9.17, 15) is 4.79 Å². The number of piperazine rings is 1. The molecule has 1 aromatic carbocycles. The summed E-state index contributed by atoms with van der Waals surface area (Å²) < 4.78 is 0. The standard InChI is InChI=1S/C16H21N3O/c1-2-9-18-10-12-19(13-11-18)16(20)8-5-14-3-6-15(17)7-4-14/h1,3-4,6-7H,5,8-13,17H2. The predicted molar refractivity (Wildman–Crippen MR) is 81.0 cm³/mol. The van der Waals surface area contributed by atoms with Gasteiger partial charge in [0.25, 0.3) is 0 Å². The molecule has 0 aliphatic carbocycles. The van der Waals surface area contributed by atoms with Crippen LogP contribution in [-0.2, 0) is 11.2 Å². The molecular formula is C16H21N3O. The van der Waals surface area contributed by atoms with Gasteiger partial charge in [-0.25, -0.2) is 0 Å². The lowest BCUT2D eigenvalue weighted by Crippen LogP contribution is -2.48. The van der Waals surface area contributed by atoms with Gasteiger partial charge >= 0.3 is 0 Å². The summed E-state index contributed by atoms with van der Waals surface area (Å²) in [6.45, 7) is 3.98. The van der Waals surface area contributed by atoms with E-state index < -0.39 is 0 Å². The van der Waals surface area contributed by atoms with Crippen LogP contribution in [0.1, 0.15) is 12.0 Å². The number of nitrogens with zero attached hydrogens (tertiary/aromatic N) is 2.